The van der Waals surface area contributed by atoms with Gasteiger partial charge in [-0.15, -0.1) is 0 Å². The quantitative estimate of drug-likeness (QED) is 0.817. The van der Waals surface area contributed by atoms with E-state index in [0.717, 1.165) is 19.0 Å². The van der Waals surface area contributed by atoms with Gasteiger partial charge in [0.25, 0.3) is 0 Å². The third-order valence-electron chi connectivity index (χ3n) is 3.61. The van der Waals surface area contributed by atoms with Crippen LogP contribution in [0.3, 0.4) is 0 Å². The van der Waals surface area contributed by atoms with E-state index in [2.05, 4.69) is 26.7 Å². The van der Waals surface area contributed by atoms with Crippen LogP contribution in [0.4, 0.5) is 5.95 Å². The van der Waals surface area contributed by atoms with Crippen molar-refractivity contribution in [2.75, 3.05) is 38.7 Å². The minimum atomic E-state index is 0.279. The molecule has 1 aromatic heterocycles. The average Bonchev–Trinajstić information content (AvgIpc) is 2.85. The topological polar surface area (TPSA) is 42.3 Å². The van der Waals surface area contributed by atoms with Crippen LogP contribution in [0.25, 0.3) is 0 Å². The monoisotopic (exact) mass is 266 g/mol. The van der Waals surface area contributed by atoms with Crippen LogP contribution in [0.5, 0.6) is 0 Å². The molecular weight excluding hydrogens is 240 g/mol. The number of likely N-dealkylation sites (tertiary alicyclic amines) is 1. The third kappa shape index (κ3) is 4.51. The Morgan fingerprint density at radius 3 is 2.84 bits per heavy atom. The van der Waals surface area contributed by atoms with E-state index in [9.17, 15) is 0 Å². The molecule has 1 aromatic rings. The van der Waals surface area contributed by atoms with Gasteiger partial charge >= 0.3 is 0 Å². The van der Waals surface area contributed by atoms with Crippen LogP contribution in [0.1, 0.15) is 26.2 Å². The van der Waals surface area contributed by atoms with Gasteiger partial charge in [-0.2, -0.15) is 0 Å². The summed E-state index contributed by atoms with van der Waals surface area (Å²) in [5.74, 6) is 0.946. The van der Waals surface area contributed by atoms with Crippen LogP contribution in [-0.2, 0) is 11.3 Å². The smallest absolute Gasteiger partial charge is 0.203 e. The van der Waals surface area contributed by atoms with Gasteiger partial charge in [-0.05, 0) is 32.9 Å². The lowest BCUT2D eigenvalue weighted by Gasteiger charge is -2.26. The SMILES string of the molecule is COCC(C)Nc1nccn1CCN1CCCCC1. The number of anilines is 1. The molecule has 2 rings (SSSR count). The Morgan fingerprint density at radius 1 is 1.32 bits per heavy atom. The molecule has 5 heteroatoms. The van der Waals surface area contributed by atoms with Crippen LogP contribution in [0, 0.1) is 0 Å². The number of hydrogen-bond acceptors (Lipinski definition) is 4. The number of rotatable bonds is 7. The fourth-order valence-corrected chi connectivity index (χ4v) is 2.57. The Balaban J connectivity index is 1.81. The van der Waals surface area contributed by atoms with E-state index in [1.54, 1.807) is 7.11 Å². The Labute approximate surface area is 116 Å². The Kier molecular flexibility index (Phi) is 5.66. The molecule has 1 N–H and O–H groups in total. The second-order valence-corrected chi connectivity index (χ2v) is 5.35. The van der Waals surface area contributed by atoms with Crippen molar-refractivity contribution in [2.24, 2.45) is 0 Å². The standard InChI is InChI=1S/C14H26N4O/c1-13(12-19-2)16-14-15-6-9-18(14)11-10-17-7-4-3-5-8-17/h6,9,13H,3-5,7-8,10-12H2,1-2H3,(H,15,16). The highest BCUT2D eigenvalue weighted by molar-refractivity contribution is 5.27. The third-order valence-corrected chi connectivity index (χ3v) is 3.61. The van der Waals surface area contributed by atoms with Crippen LogP contribution < -0.4 is 5.32 Å². The molecule has 19 heavy (non-hydrogen) atoms. The summed E-state index contributed by atoms with van der Waals surface area (Å²) >= 11 is 0. The maximum absolute atomic E-state index is 5.14. The minimum absolute atomic E-state index is 0.279. The minimum Gasteiger partial charge on any atom is -0.383 e. The van der Waals surface area contributed by atoms with Crippen LogP contribution >= 0.6 is 0 Å². The molecule has 1 unspecified atom stereocenters. The molecule has 1 aliphatic rings. The summed E-state index contributed by atoms with van der Waals surface area (Å²) in [6.07, 6.45) is 7.99. The highest BCUT2D eigenvalue weighted by Crippen LogP contribution is 2.10. The van der Waals surface area contributed by atoms with Crippen LogP contribution in [0.15, 0.2) is 12.4 Å². The summed E-state index contributed by atoms with van der Waals surface area (Å²) in [6.45, 7) is 7.41. The Bertz CT molecular complexity index is 360. The maximum Gasteiger partial charge on any atom is 0.203 e. The van der Waals surface area contributed by atoms with Crippen molar-refractivity contribution >= 4 is 5.95 Å². The van der Waals surface area contributed by atoms with Gasteiger partial charge in [0.15, 0.2) is 0 Å². The lowest BCUT2D eigenvalue weighted by Crippen LogP contribution is -2.33. The van der Waals surface area contributed by atoms with Crippen molar-refractivity contribution in [3.63, 3.8) is 0 Å². The largest absolute Gasteiger partial charge is 0.383 e. The molecule has 0 saturated carbocycles. The summed E-state index contributed by atoms with van der Waals surface area (Å²) in [6, 6.07) is 0.279. The molecular formula is C14H26N4O. The van der Waals surface area contributed by atoms with Gasteiger partial charge in [-0.1, -0.05) is 6.42 Å². The van der Waals surface area contributed by atoms with E-state index in [-0.39, 0.29) is 6.04 Å². The molecule has 1 atom stereocenters. The lowest BCUT2D eigenvalue weighted by atomic mass is 10.1. The number of nitrogens with zero attached hydrogens (tertiary/aromatic N) is 3. The first-order valence-corrected chi connectivity index (χ1v) is 7.28. The van der Waals surface area contributed by atoms with Crippen molar-refractivity contribution in [3.8, 4) is 0 Å². The van der Waals surface area contributed by atoms with Crippen LogP contribution in [-0.4, -0.2) is 53.8 Å². The van der Waals surface area contributed by atoms with Gasteiger partial charge in [0.05, 0.1) is 6.61 Å². The van der Waals surface area contributed by atoms with E-state index in [1.165, 1.54) is 32.4 Å². The van der Waals surface area contributed by atoms with Crippen LogP contribution in [0.2, 0.25) is 0 Å². The first-order chi connectivity index (χ1) is 9.29. The van der Waals surface area contributed by atoms with Crippen molar-refractivity contribution in [1.29, 1.82) is 0 Å². The first kappa shape index (κ1) is 14.3. The highest BCUT2D eigenvalue weighted by atomic mass is 16.5. The van der Waals surface area contributed by atoms with Crippen molar-refractivity contribution < 1.29 is 4.74 Å². The van der Waals surface area contributed by atoms with Gasteiger partial charge in [0, 0.05) is 38.6 Å². The second kappa shape index (κ2) is 7.50. The van der Waals surface area contributed by atoms with Crippen molar-refractivity contribution in [3.05, 3.63) is 12.4 Å². The summed E-state index contributed by atoms with van der Waals surface area (Å²) in [4.78, 5) is 6.93. The fraction of sp³-hybridized carbons (Fsp3) is 0.786. The summed E-state index contributed by atoms with van der Waals surface area (Å²) < 4.78 is 7.33. The molecule has 1 fully saturated rings. The molecule has 1 aliphatic heterocycles. The molecule has 1 saturated heterocycles. The number of nitrogens with one attached hydrogen (secondary N) is 1. The van der Waals surface area contributed by atoms with E-state index in [4.69, 9.17) is 4.74 Å². The molecule has 5 nitrogen and oxygen atoms in total. The zero-order valence-electron chi connectivity index (χ0n) is 12.1. The van der Waals surface area contributed by atoms with Gasteiger partial charge in [0.1, 0.15) is 0 Å². The molecule has 0 spiro atoms. The number of imidazole rings is 1. The van der Waals surface area contributed by atoms with Crippen molar-refractivity contribution in [1.82, 2.24) is 14.5 Å². The number of hydrogen-bond donors (Lipinski definition) is 1. The Hall–Kier alpha value is -1.07. The van der Waals surface area contributed by atoms with E-state index in [0.29, 0.717) is 6.61 Å². The second-order valence-electron chi connectivity index (χ2n) is 5.35. The molecule has 0 amide bonds. The molecule has 0 bridgehead atoms. The van der Waals surface area contributed by atoms with Gasteiger partial charge in [-0.3, -0.25) is 0 Å². The number of piperidine rings is 1. The fourth-order valence-electron chi connectivity index (χ4n) is 2.57. The number of methoxy groups -OCH3 is 1. The van der Waals surface area contributed by atoms with Gasteiger partial charge in [0.2, 0.25) is 5.95 Å². The summed E-state index contributed by atoms with van der Waals surface area (Å²) in [7, 11) is 1.72. The van der Waals surface area contributed by atoms with Gasteiger partial charge < -0.3 is 19.5 Å². The van der Waals surface area contributed by atoms with E-state index < -0.39 is 0 Å². The predicted molar refractivity (Wildman–Crippen MR) is 77.5 cm³/mol. The summed E-state index contributed by atoms with van der Waals surface area (Å²) in [5, 5.41) is 3.39. The number of ether oxygens (including phenoxy) is 1. The lowest BCUT2D eigenvalue weighted by molar-refractivity contribution is 0.190. The summed E-state index contributed by atoms with van der Waals surface area (Å²) in [5.41, 5.74) is 0. The number of aromatic nitrogens is 2. The average molecular weight is 266 g/mol. The molecule has 0 aliphatic carbocycles. The van der Waals surface area contributed by atoms with E-state index >= 15 is 0 Å². The normalized spacial score (nSPS) is 18.4. The van der Waals surface area contributed by atoms with E-state index in [1.807, 2.05) is 12.4 Å². The first-order valence-electron chi connectivity index (χ1n) is 7.28. The van der Waals surface area contributed by atoms with Crippen molar-refractivity contribution in [2.45, 2.75) is 38.8 Å². The van der Waals surface area contributed by atoms with Gasteiger partial charge in [-0.25, -0.2) is 4.98 Å². The molecule has 2 heterocycles. The zero-order chi connectivity index (χ0) is 13.5. The maximum atomic E-state index is 5.14. The Morgan fingerprint density at radius 2 is 2.11 bits per heavy atom. The molecule has 0 aromatic carbocycles. The molecule has 108 valence electrons. The zero-order valence-corrected chi connectivity index (χ0v) is 12.1. The molecule has 0 radical (unpaired) electrons. The highest BCUT2D eigenvalue weighted by Gasteiger charge is 2.11. The predicted octanol–water partition coefficient (Wildman–Crippen LogP) is 1.82.